The number of hydrogen-bond donors (Lipinski definition) is 3. The fourth-order valence-corrected chi connectivity index (χ4v) is 5.01. The second-order valence-electron chi connectivity index (χ2n) is 10.1. The highest BCUT2D eigenvalue weighted by Gasteiger charge is 2.58. The largest absolute Gasteiger partial charge is 0.480 e. The second kappa shape index (κ2) is 15.0. The highest BCUT2D eigenvalue weighted by Crippen LogP contribution is 2.47. The van der Waals surface area contributed by atoms with Gasteiger partial charge in [-0.15, -0.1) is 0 Å². The van der Waals surface area contributed by atoms with Gasteiger partial charge in [-0.3, -0.25) is 14.6 Å². The molecular formula is C33H30ClF5N4O3. The van der Waals surface area contributed by atoms with Crippen molar-refractivity contribution in [2.75, 3.05) is 11.9 Å². The first kappa shape index (κ1) is 35.7. The van der Waals surface area contributed by atoms with Crippen LogP contribution in [0.4, 0.5) is 27.6 Å². The maximum absolute atomic E-state index is 13.9. The van der Waals surface area contributed by atoms with Crippen molar-refractivity contribution < 1.29 is 36.6 Å². The van der Waals surface area contributed by atoms with E-state index in [-0.39, 0.29) is 12.8 Å². The van der Waals surface area contributed by atoms with Gasteiger partial charge in [-0.05, 0) is 62.1 Å². The minimum absolute atomic E-state index is 0.222. The summed E-state index contributed by atoms with van der Waals surface area (Å²) in [5.74, 6) is -5.51. The van der Waals surface area contributed by atoms with E-state index in [4.69, 9.17) is 22.0 Å². The van der Waals surface area contributed by atoms with Crippen LogP contribution in [0.3, 0.4) is 0 Å². The number of benzene rings is 3. The summed E-state index contributed by atoms with van der Waals surface area (Å²) in [6.45, 7) is 5.21. The zero-order chi connectivity index (χ0) is 34.2. The van der Waals surface area contributed by atoms with Crippen molar-refractivity contribution in [2.24, 2.45) is 0 Å². The molecule has 1 aliphatic carbocycles. The number of aryl methyl sites for hydroxylation is 1. The van der Waals surface area contributed by atoms with E-state index in [1.165, 1.54) is 5.56 Å². The quantitative estimate of drug-likeness (QED) is 0.179. The molecule has 0 radical (unpaired) electrons. The summed E-state index contributed by atoms with van der Waals surface area (Å²) in [4.78, 5) is 26.4. The number of aromatic nitrogens is 1. The minimum Gasteiger partial charge on any atom is -0.480 e. The van der Waals surface area contributed by atoms with Gasteiger partial charge in [0.25, 0.3) is 5.91 Å². The van der Waals surface area contributed by atoms with Gasteiger partial charge in [0.05, 0.1) is 17.1 Å². The van der Waals surface area contributed by atoms with E-state index >= 15 is 0 Å². The van der Waals surface area contributed by atoms with Crippen LogP contribution in [0.2, 0.25) is 5.02 Å². The van der Waals surface area contributed by atoms with Crippen LogP contribution in [-0.2, 0) is 4.79 Å². The van der Waals surface area contributed by atoms with Gasteiger partial charge < -0.3 is 15.7 Å². The zero-order valence-electron chi connectivity index (χ0n) is 25.0. The van der Waals surface area contributed by atoms with Crippen molar-refractivity contribution in [1.29, 1.82) is 5.26 Å². The van der Waals surface area contributed by atoms with Crippen LogP contribution in [0.5, 0.6) is 0 Å². The Hall–Kier alpha value is -4.76. The minimum atomic E-state index is -4.59. The number of hydrogen-bond acceptors (Lipinski definition) is 5. The number of nitrogens with zero attached hydrogens (tertiary/aromatic N) is 2. The molecule has 0 aliphatic heterocycles. The highest BCUT2D eigenvalue weighted by atomic mass is 35.5. The lowest BCUT2D eigenvalue weighted by atomic mass is 9.76. The molecule has 13 heteroatoms. The number of amides is 1. The molecule has 7 nitrogen and oxygen atoms in total. The highest BCUT2D eigenvalue weighted by molar-refractivity contribution is 6.33. The summed E-state index contributed by atoms with van der Waals surface area (Å²) >= 11 is 6.30. The Balaban J connectivity index is 0.000000241. The predicted molar refractivity (Wildman–Crippen MR) is 166 cm³/mol. The van der Waals surface area contributed by atoms with E-state index in [1.807, 2.05) is 32.0 Å². The summed E-state index contributed by atoms with van der Waals surface area (Å²) < 4.78 is 67.0. The predicted octanol–water partition coefficient (Wildman–Crippen LogP) is 8.44. The molecule has 1 aromatic heterocycles. The van der Waals surface area contributed by atoms with Crippen LogP contribution in [0.15, 0.2) is 60.8 Å². The van der Waals surface area contributed by atoms with Crippen LogP contribution in [0.25, 0.3) is 22.0 Å². The van der Waals surface area contributed by atoms with Crippen LogP contribution in [0.1, 0.15) is 54.6 Å². The number of fused-ring (bicyclic) bond motifs is 1. The molecule has 3 N–H and O–H groups in total. The summed E-state index contributed by atoms with van der Waals surface area (Å²) in [5.41, 5.74) is 0.811. The van der Waals surface area contributed by atoms with E-state index in [1.54, 1.807) is 23.6 Å². The monoisotopic (exact) mass is 660 g/mol. The van der Waals surface area contributed by atoms with Crippen molar-refractivity contribution in [1.82, 2.24) is 10.3 Å². The number of carbonyl (C=O) groups excluding carboxylic acids is 1. The lowest BCUT2D eigenvalue weighted by molar-refractivity contribution is -0.198. The summed E-state index contributed by atoms with van der Waals surface area (Å²) in [5, 5.41) is 22.9. The number of pyridine rings is 1. The van der Waals surface area contributed by atoms with E-state index in [2.05, 4.69) is 35.4 Å². The third kappa shape index (κ3) is 7.90. The van der Waals surface area contributed by atoms with Crippen LogP contribution in [-0.4, -0.2) is 40.2 Å². The summed E-state index contributed by atoms with van der Waals surface area (Å²) in [6, 6.07) is 16.6. The topological polar surface area (TPSA) is 115 Å². The van der Waals surface area contributed by atoms with Crippen molar-refractivity contribution in [3.8, 4) is 17.2 Å². The first-order valence-electron chi connectivity index (χ1n) is 14.1. The number of nitrogens with one attached hydrogen (secondary N) is 2. The molecule has 0 spiro atoms. The smallest absolute Gasteiger partial charge is 0.411 e. The molecule has 242 valence electrons. The molecule has 0 bridgehead atoms. The third-order valence-corrected chi connectivity index (χ3v) is 7.49. The van der Waals surface area contributed by atoms with Crippen molar-refractivity contribution in [3.05, 3.63) is 94.1 Å². The average Bonchev–Trinajstić information content (AvgIpc) is 2.99. The van der Waals surface area contributed by atoms with Gasteiger partial charge in [0.15, 0.2) is 0 Å². The van der Waals surface area contributed by atoms with E-state index in [0.717, 1.165) is 22.0 Å². The zero-order valence-corrected chi connectivity index (χ0v) is 25.8. The Morgan fingerprint density at radius 3 is 2.20 bits per heavy atom. The Labute approximate surface area is 267 Å². The van der Waals surface area contributed by atoms with E-state index in [9.17, 15) is 31.5 Å². The SMILES string of the molecule is CC.Cc1ccc(-c2ccc(C#N)cc2Cl)c2ncccc12.O=C(O)CNC(=O)c1c(F)cc(NC2(C(F)(F)F)CCC2)cc1F. The fourth-order valence-electron chi connectivity index (χ4n) is 4.73. The molecule has 1 amide bonds. The number of anilines is 1. The number of carbonyl (C=O) groups is 2. The number of halogens is 6. The molecule has 4 aromatic rings. The number of aliphatic carboxylic acids is 1. The standard InChI is InChI=1S/C17H11ClN2.C14H13F5N2O3.C2H6/c1-11-4-6-15(17-13(11)3-2-8-20-17)14-7-5-12(10-19)9-16(14)18;15-8-4-7(21-13(2-1-3-13)14(17,18)19)5-9(16)11(8)12(24)20-6-10(22)23;1-2/h2-9H,1H3;4-5,21H,1-3,6H2,(H,20,24)(H,22,23);1-2H3. The van der Waals surface area contributed by atoms with Crippen molar-refractivity contribution in [2.45, 2.75) is 51.7 Å². The van der Waals surface area contributed by atoms with Gasteiger partial charge in [0.1, 0.15) is 29.3 Å². The molecular weight excluding hydrogens is 631 g/mol. The maximum Gasteiger partial charge on any atom is 0.411 e. The van der Waals surface area contributed by atoms with Crippen LogP contribution >= 0.6 is 11.6 Å². The lowest BCUT2D eigenvalue weighted by Crippen LogP contribution is -2.56. The maximum atomic E-state index is 13.9. The van der Waals surface area contributed by atoms with Gasteiger partial charge in [-0.1, -0.05) is 49.7 Å². The second-order valence-corrected chi connectivity index (χ2v) is 10.5. The Morgan fingerprint density at radius 2 is 1.67 bits per heavy atom. The number of nitriles is 1. The first-order valence-corrected chi connectivity index (χ1v) is 14.5. The molecule has 46 heavy (non-hydrogen) atoms. The van der Waals surface area contributed by atoms with Gasteiger partial charge in [0.2, 0.25) is 0 Å². The third-order valence-electron chi connectivity index (χ3n) is 7.18. The molecule has 1 fully saturated rings. The Bertz CT molecular complexity index is 1760. The molecule has 0 unspecified atom stereocenters. The number of carboxylic acids is 1. The average molecular weight is 661 g/mol. The van der Waals surface area contributed by atoms with Crippen molar-refractivity contribution in [3.63, 3.8) is 0 Å². The molecule has 1 aliphatic rings. The first-order chi connectivity index (χ1) is 21.8. The van der Waals surface area contributed by atoms with Gasteiger partial charge in [0, 0.05) is 33.4 Å². The van der Waals surface area contributed by atoms with Crippen molar-refractivity contribution >= 4 is 40.1 Å². The Morgan fingerprint density at radius 1 is 1.04 bits per heavy atom. The molecule has 1 saturated carbocycles. The van der Waals surface area contributed by atoms with Gasteiger partial charge >= 0.3 is 12.1 Å². The summed E-state index contributed by atoms with van der Waals surface area (Å²) in [7, 11) is 0. The van der Waals surface area contributed by atoms with E-state index in [0.29, 0.717) is 29.1 Å². The number of rotatable bonds is 6. The van der Waals surface area contributed by atoms with Gasteiger partial charge in [-0.25, -0.2) is 8.78 Å². The molecule has 3 aromatic carbocycles. The Kier molecular flexibility index (Phi) is 11.7. The number of carboxylic acid groups (broad SMARTS) is 1. The lowest BCUT2D eigenvalue weighted by Gasteiger charge is -2.44. The van der Waals surface area contributed by atoms with Crippen LogP contribution < -0.4 is 10.6 Å². The van der Waals surface area contributed by atoms with Crippen LogP contribution in [0, 0.1) is 29.9 Å². The molecule has 1 heterocycles. The fraction of sp³-hybridized carbons (Fsp3) is 0.273. The molecule has 5 rings (SSSR count). The normalized spacial score (nSPS) is 13.1. The number of alkyl halides is 3. The van der Waals surface area contributed by atoms with E-state index < -0.39 is 53.0 Å². The summed E-state index contributed by atoms with van der Waals surface area (Å²) in [6.07, 6.45) is -2.92. The molecule has 0 atom stereocenters. The molecule has 0 saturated heterocycles. The van der Waals surface area contributed by atoms with Gasteiger partial charge in [-0.2, -0.15) is 18.4 Å².